The van der Waals surface area contributed by atoms with E-state index in [4.69, 9.17) is 4.74 Å². The molecule has 198 valence electrons. The summed E-state index contributed by atoms with van der Waals surface area (Å²) >= 11 is 0. The summed E-state index contributed by atoms with van der Waals surface area (Å²) in [5.74, 6) is 2.10. The fraction of sp³-hybridized carbons (Fsp3) is 0.636. The van der Waals surface area contributed by atoms with Gasteiger partial charge in [-0.15, -0.1) is 0 Å². The van der Waals surface area contributed by atoms with Crippen LogP contribution in [-0.2, 0) is 11.2 Å². The smallest absolute Gasteiger partial charge is 0.131 e. The van der Waals surface area contributed by atoms with E-state index >= 15 is 8.78 Å². The number of benzene rings is 2. The molecule has 36 heavy (non-hydrogen) atoms. The van der Waals surface area contributed by atoms with Gasteiger partial charge in [0, 0.05) is 12.7 Å². The molecule has 1 atom stereocenters. The molecule has 2 aromatic rings. The second-order valence-electron chi connectivity index (χ2n) is 11.6. The number of hydrogen-bond acceptors (Lipinski definition) is 1. The lowest BCUT2D eigenvalue weighted by atomic mass is 9.77. The van der Waals surface area contributed by atoms with Crippen molar-refractivity contribution in [3.63, 3.8) is 0 Å². The molecule has 3 heteroatoms. The summed E-state index contributed by atoms with van der Waals surface area (Å²) in [4.78, 5) is 0. The third-order valence-corrected chi connectivity index (χ3v) is 9.29. The first-order valence-corrected chi connectivity index (χ1v) is 14.6. The van der Waals surface area contributed by atoms with E-state index in [0.717, 1.165) is 55.1 Å². The molecule has 0 N–H and O–H groups in total. The molecule has 0 radical (unpaired) electrons. The van der Waals surface area contributed by atoms with Crippen LogP contribution in [0.25, 0.3) is 11.1 Å². The summed E-state index contributed by atoms with van der Waals surface area (Å²) < 4.78 is 35.8. The molecule has 2 saturated carbocycles. The Kier molecular flexibility index (Phi) is 9.99. The van der Waals surface area contributed by atoms with Crippen molar-refractivity contribution in [3.8, 4) is 11.1 Å². The second-order valence-corrected chi connectivity index (χ2v) is 11.6. The Bertz CT molecular complexity index is 950. The molecular formula is C33H46F2O. The van der Waals surface area contributed by atoms with E-state index in [1.54, 1.807) is 12.1 Å². The van der Waals surface area contributed by atoms with Crippen LogP contribution >= 0.6 is 0 Å². The molecule has 0 bridgehead atoms. The Morgan fingerprint density at radius 3 is 2.11 bits per heavy atom. The number of hydrogen-bond donors (Lipinski definition) is 0. The number of rotatable bonds is 10. The van der Waals surface area contributed by atoms with Gasteiger partial charge >= 0.3 is 0 Å². The van der Waals surface area contributed by atoms with Gasteiger partial charge < -0.3 is 4.74 Å². The molecule has 0 spiro atoms. The van der Waals surface area contributed by atoms with Gasteiger partial charge in [0.2, 0.25) is 0 Å². The third kappa shape index (κ3) is 6.77. The minimum Gasteiger partial charge on any atom is -0.381 e. The Morgan fingerprint density at radius 2 is 1.50 bits per heavy atom. The maximum Gasteiger partial charge on any atom is 0.131 e. The van der Waals surface area contributed by atoms with Crippen molar-refractivity contribution in [2.24, 2.45) is 17.8 Å². The predicted molar refractivity (Wildman–Crippen MR) is 146 cm³/mol. The number of aryl methyl sites for hydroxylation is 1. The number of halogens is 2. The first-order valence-electron chi connectivity index (χ1n) is 14.6. The van der Waals surface area contributed by atoms with Crippen molar-refractivity contribution < 1.29 is 13.5 Å². The summed E-state index contributed by atoms with van der Waals surface area (Å²) in [5.41, 5.74) is 3.00. The van der Waals surface area contributed by atoms with Gasteiger partial charge in [-0.3, -0.25) is 0 Å². The van der Waals surface area contributed by atoms with Crippen LogP contribution in [0.1, 0.15) is 108 Å². The van der Waals surface area contributed by atoms with Crippen molar-refractivity contribution in [3.05, 3.63) is 59.2 Å². The normalized spacial score (nSPS) is 25.6. The maximum absolute atomic E-state index is 15.1. The van der Waals surface area contributed by atoms with Crippen LogP contribution in [0, 0.1) is 29.4 Å². The van der Waals surface area contributed by atoms with Crippen LogP contribution in [-0.4, -0.2) is 13.2 Å². The zero-order valence-electron chi connectivity index (χ0n) is 22.7. The van der Waals surface area contributed by atoms with Gasteiger partial charge in [-0.25, -0.2) is 8.78 Å². The molecule has 2 aromatic carbocycles. The molecule has 0 amide bonds. The highest BCUT2D eigenvalue weighted by Crippen LogP contribution is 2.39. The molecule has 1 nitrogen and oxygen atoms in total. The minimum absolute atomic E-state index is 0.177. The average Bonchev–Trinajstić information content (AvgIpc) is 2.90. The Hall–Kier alpha value is -1.74. The fourth-order valence-electron chi connectivity index (χ4n) is 7.06. The topological polar surface area (TPSA) is 9.23 Å². The minimum atomic E-state index is -0.241. The quantitative estimate of drug-likeness (QED) is 0.318. The van der Waals surface area contributed by atoms with Crippen LogP contribution in [0.2, 0.25) is 0 Å². The summed E-state index contributed by atoms with van der Waals surface area (Å²) in [6, 6.07) is 10.9. The molecular weight excluding hydrogens is 450 g/mol. The van der Waals surface area contributed by atoms with Crippen molar-refractivity contribution in [1.82, 2.24) is 0 Å². The molecule has 0 aromatic heterocycles. The van der Waals surface area contributed by atoms with Gasteiger partial charge in [0.1, 0.15) is 11.6 Å². The highest BCUT2D eigenvalue weighted by atomic mass is 19.1. The van der Waals surface area contributed by atoms with Gasteiger partial charge in [-0.05, 0) is 110 Å². The average molecular weight is 497 g/mol. The van der Waals surface area contributed by atoms with Crippen LogP contribution in [0.15, 0.2) is 36.4 Å². The van der Waals surface area contributed by atoms with Crippen molar-refractivity contribution in [1.29, 1.82) is 0 Å². The van der Waals surface area contributed by atoms with Gasteiger partial charge in [-0.2, -0.15) is 0 Å². The molecule has 2 aliphatic rings. The van der Waals surface area contributed by atoms with E-state index in [-0.39, 0.29) is 11.6 Å². The van der Waals surface area contributed by atoms with Crippen molar-refractivity contribution in [2.75, 3.05) is 7.11 Å². The summed E-state index contributed by atoms with van der Waals surface area (Å²) in [5, 5.41) is 0. The van der Waals surface area contributed by atoms with Gasteiger partial charge in [0.25, 0.3) is 0 Å². The molecule has 4 rings (SSSR count). The van der Waals surface area contributed by atoms with Gasteiger partial charge in [0.15, 0.2) is 0 Å². The molecule has 0 saturated heterocycles. The lowest BCUT2D eigenvalue weighted by Gasteiger charge is -2.32. The molecule has 2 aliphatic carbocycles. The third-order valence-electron chi connectivity index (χ3n) is 9.29. The van der Waals surface area contributed by atoms with E-state index in [2.05, 4.69) is 13.8 Å². The number of ether oxygens (including phenoxy) is 1. The summed E-state index contributed by atoms with van der Waals surface area (Å²) in [6.07, 6.45) is 15.5. The molecule has 1 unspecified atom stereocenters. The van der Waals surface area contributed by atoms with E-state index in [9.17, 15) is 0 Å². The monoisotopic (exact) mass is 496 g/mol. The van der Waals surface area contributed by atoms with E-state index in [1.807, 2.05) is 31.4 Å². The van der Waals surface area contributed by atoms with Crippen LogP contribution in [0.5, 0.6) is 0 Å². The summed E-state index contributed by atoms with van der Waals surface area (Å²) in [6.45, 7) is 4.45. The van der Waals surface area contributed by atoms with E-state index in [1.165, 1.54) is 51.4 Å². The fourth-order valence-corrected chi connectivity index (χ4v) is 7.06. The van der Waals surface area contributed by atoms with Gasteiger partial charge in [-0.1, -0.05) is 63.8 Å². The molecule has 0 heterocycles. The van der Waals surface area contributed by atoms with Gasteiger partial charge in [0.05, 0.1) is 6.10 Å². The standard InChI is InChI=1S/C33H46F2O/c1-4-6-23-9-14-26(15-10-23)29-20-18-28(22-32(29)35)30-19-13-25(21-31(30)34)8-7-24-11-16-27(17-12-24)33(5-2)36-3/h13,18-24,26-27,33H,4-12,14-17H2,1-3H3. The molecule has 2 fully saturated rings. The highest BCUT2D eigenvalue weighted by Gasteiger charge is 2.27. The SMILES string of the molecule is CCCC1CCC(c2ccc(-c3ccc(CCC4CCC(C(CC)OC)CC4)cc3F)cc2F)CC1. The van der Waals surface area contributed by atoms with Crippen molar-refractivity contribution >= 4 is 0 Å². The zero-order valence-corrected chi connectivity index (χ0v) is 22.7. The zero-order chi connectivity index (χ0) is 25.5. The Balaban J connectivity index is 1.32. The maximum atomic E-state index is 15.1. The second kappa shape index (κ2) is 13.2. The first kappa shape index (κ1) is 27.3. The summed E-state index contributed by atoms with van der Waals surface area (Å²) in [7, 11) is 1.83. The highest BCUT2D eigenvalue weighted by molar-refractivity contribution is 5.65. The Labute approximate surface area is 218 Å². The largest absolute Gasteiger partial charge is 0.381 e. The Morgan fingerprint density at radius 1 is 0.806 bits per heavy atom. The number of methoxy groups -OCH3 is 1. The lowest BCUT2D eigenvalue weighted by Crippen LogP contribution is -2.27. The van der Waals surface area contributed by atoms with Crippen LogP contribution < -0.4 is 0 Å². The van der Waals surface area contributed by atoms with Crippen molar-refractivity contribution in [2.45, 2.75) is 109 Å². The van der Waals surface area contributed by atoms with E-state index in [0.29, 0.717) is 29.1 Å². The molecule has 0 aliphatic heterocycles. The predicted octanol–water partition coefficient (Wildman–Crippen LogP) is 9.87. The first-order chi connectivity index (χ1) is 17.5. The van der Waals surface area contributed by atoms with Crippen LogP contribution in [0.4, 0.5) is 8.78 Å². The van der Waals surface area contributed by atoms with Crippen LogP contribution in [0.3, 0.4) is 0 Å². The lowest BCUT2D eigenvalue weighted by molar-refractivity contribution is 0.0266. The van der Waals surface area contributed by atoms with E-state index < -0.39 is 0 Å².